The molecule has 0 spiro atoms. The van der Waals surface area contributed by atoms with Crippen molar-refractivity contribution in [2.45, 2.75) is 0 Å². The van der Waals surface area contributed by atoms with Gasteiger partial charge in [0.05, 0.1) is 6.54 Å². The summed E-state index contributed by atoms with van der Waals surface area (Å²) in [6.07, 6.45) is 0.875. The van der Waals surface area contributed by atoms with Gasteiger partial charge in [-0.2, -0.15) is 0 Å². The summed E-state index contributed by atoms with van der Waals surface area (Å²) in [7, 11) is 3.71. The minimum Gasteiger partial charge on any atom is -1.00 e. The maximum absolute atomic E-state index is 9.57. The van der Waals surface area contributed by atoms with Crippen LogP contribution in [0.15, 0.2) is 0 Å². The van der Waals surface area contributed by atoms with E-state index in [0.29, 0.717) is 6.54 Å². The number of carbonyl (C=O) groups is 1. The first-order valence-electron chi connectivity index (χ1n) is 1.85. The molecule has 3 heteroatoms. The first kappa shape index (κ1) is 10.6. The molecule has 0 N–H and O–H groups in total. The zero-order valence-electron chi connectivity index (χ0n) is 6.14. The van der Waals surface area contributed by atoms with Crippen molar-refractivity contribution >= 4 is 6.29 Å². The van der Waals surface area contributed by atoms with E-state index in [1.165, 1.54) is 0 Å². The minimum absolute atomic E-state index is 0. The number of aldehydes is 1. The number of nitrogens with zero attached hydrogens (tertiary/aromatic N) is 1. The van der Waals surface area contributed by atoms with Crippen molar-refractivity contribution in [2.75, 3.05) is 20.6 Å². The molecule has 2 nitrogen and oxygen atoms in total. The standard InChI is InChI=1S/C4H9NO.Na.H/c1-5(2)3-4-6;;/h4H,3H2,1-2H3;;/q;+1;-1. The molecule has 0 bridgehead atoms. The van der Waals surface area contributed by atoms with Gasteiger partial charge in [0.25, 0.3) is 0 Å². The molecule has 0 unspecified atom stereocenters. The molecule has 0 saturated heterocycles. The van der Waals surface area contributed by atoms with Crippen molar-refractivity contribution in [2.24, 2.45) is 0 Å². The van der Waals surface area contributed by atoms with Gasteiger partial charge < -0.3 is 11.1 Å². The van der Waals surface area contributed by atoms with E-state index in [9.17, 15) is 4.79 Å². The normalized spacial score (nSPS) is 7.86. The molecule has 0 rings (SSSR count). The van der Waals surface area contributed by atoms with E-state index in [0.717, 1.165) is 6.29 Å². The summed E-state index contributed by atoms with van der Waals surface area (Å²) in [4.78, 5) is 11.4. The van der Waals surface area contributed by atoms with Crippen molar-refractivity contribution in [1.82, 2.24) is 4.90 Å². The van der Waals surface area contributed by atoms with Crippen LogP contribution in [0.25, 0.3) is 0 Å². The Balaban J connectivity index is -0.000000125. The van der Waals surface area contributed by atoms with Gasteiger partial charge in [0.15, 0.2) is 0 Å². The Morgan fingerprint density at radius 2 is 2.14 bits per heavy atom. The molecule has 0 aliphatic carbocycles. The van der Waals surface area contributed by atoms with E-state index >= 15 is 0 Å². The SMILES string of the molecule is CN(C)CC=O.[H-].[Na+]. The van der Waals surface area contributed by atoms with Crippen molar-refractivity contribution in [3.05, 3.63) is 0 Å². The second-order valence-corrected chi connectivity index (χ2v) is 1.43. The Morgan fingerprint density at radius 3 is 2.14 bits per heavy atom. The third kappa shape index (κ3) is 10.8. The van der Waals surface area contributed by atoms with Gasteiger partial charge in [-0.15, -0.1) is 0 Å². The van der Waals surface area contributed by atoms with E-state index in [2.05, 4.69) is 0 Å². The van der Waals surface area contributed by atoms with Crippen LogP contribution in [0.1, 0.15) is 1.43 Å². The molecule has 0 aliphatic heterocycles. The van der Waals surface area contributed by atoms with E-state index in [-0.39, 0.29) is 31.0 Å². The van der Waals surface area contributed by atoms with Crippen LogP contribution in [-0.2, 0) is 4.79 Å². The number of rotatable bonds is 2. The molecule has 7 heavy (non-hydrogen) atoms. The summed E-state index contributed by atoms with van der Waals surface area (Å²) in [6.45, 7) is 0.528. The van der Waals surface area contributed by atoms with Gasteiger partial charge in [0.2, 0.25) is 0 Å². The summed E-state index contributed by atoms with van der Waals surface area (Å²) in [6, 6.07) is 0. The second-order valence-electron chi connectivity index (χ2n) is 1.43. The van der Waals surface area contributed by atoms with Crippen molar-refractivity contribution in [1.29, 1.82) is 0 Å². The summed E-state index contributed by atoms with van der Waals surface area (Å²) >= 11 is 0. The summed E-state index contributed by atoms with van der Waals surface area (Å²) < 4.78 is 0. The van der Waals surface area contributed by atoms with E-state index in [1.54, 1.807) is 0 Å². The molecule has 0 saturated carbocycles. The van der Waals surface area contributed by atoms with Crippen LogP contribution < -0.4 is 29.6 Å². The predicted octanol–water partition coefficient (Wildman–Crippen LogP) is -3.14. The Morgan fingerprint density at radius 1 is 1.71 bits per heavy atom. The van der Waals surface area contributed by atoms with Crippen LogP contribution in [0.5, 0.6) is 0 Å². The Kier molecular flexibility index (Phi) is 10.0. The molecule has 0 radical (unpaired) electrons. The Bertz CT molecular complexity index is 51.3. The smallest absolute Gasteiger partial charge is 1.00 e. The van der Waals surface area contributed by atoms with Crippen LogP contribution in [-0.4, -0.2) is 31.8 Å². The molecule has 0 aromatic rings. The van der Waals surface area contributed by atoms with Crippen molar-refractivity contribution < 1.29 is 35.8 Å². The molecule has 0 atom stereocenters. The van der Waals surface area contributed by atoms with Crippen LogP contribution in [0, 0.1) is 0 Å². The Labute approximate surface area is 67.7 Å². The van der Waals surface area contributed by atoms with Gasteiger partial charge in [-0.1, -0.05) is 0 Å². The van der Waals surface area contributed by atoms with Gasteiger partial charge in [-0.05, 0) is 14.1 Å². The maximum Gasteiger partial charge on any atom is 1.00 e. The fraction of sp³-hybridized carbons (Fsp3) is 0.750. The molecule has 0 fully saturated rings. The maximum atomic E-state index is 9.57. The minimum atomic E-state index is 0. The van der Waals surface area contributed by atoms with Gasteiger partial charge in [0, 0.05) is 0 Å². The first-order chi connectivity index (χ1) is 2.77. The number of carbonyl (C=O) groups excluding carboxylic acids is 1. The van der Waals surface area contributed by atoms with E-state index in [4.69, 9.17) is 0 Å². The summed E-state index contributed by atoms with van der Waals surface area (Å²) in [5, 5.41) is 0. The summed E-state index contributed by atoms with van der Waals surface area (Å²) in [5.41, 5.74) is 0. The predicted molar refractivity (Wildman–Crippen MR) is 25.7 cm³/mol. The van der Waals surface area contributed by atoms with Crippen molar-refractivity contribution in [3.63, 3.8) is 0 Å². The summed E-state index contributed by atoms with van der Waals surface area (Å²) in [5.74, 6) is 0. The van der Waals surface area contributed by atoms with Crippen LogP contribution in [0.3, 0.4) is 0 Å². The quantitative estimate of drug-likeness (QED) is 0.277. The van der Waals surface area contributed by atoms with Crippen LogP contribution in [0.4, 0.5) is 0 Å². The molecule has 0 aliphatic rings. The second kappa shape index (κ2) is 6.63. The fourth-order valence-corrected chi connectivity index (χ4v) is 0.149. The largest absolute Gasteiger partial charge is 1.00 e. The average molecular weight is 111 g/mol. The van der Waals surface area contributed by atoms with Gasteiger partial charge >= 0.3 is 29.6 Å². The zero-order valence-corrected chi connectivity index (χ0v) is 7.14. The van der Waals surface area contributed by atoms with Gasteiger partial charge in [-0.3, -0.25) is 0 Å². The molecule has 0 heterocycles. The molecule has 0 aromatic carbocycles. The molecule has 38 valence electrons. The van der Waals surface area contributed by atoms with Gasteiger partial charge in [-0.25, -0.2) is 0 Å². The fourth-order valence-electron chi connectivity index (χ4n) is 0.149. The van der Waals surface area contributed by atoms with Crippen molar-refractivity contribution in [3.8, 4) is 0 Å². The Hall–Kier alpha value is 0.630. The van der Waals surface area contributed by atoms with Crippen LogP contribution in [0.2, 0.25) is 0 Å². The number of likely N-dealkylation sites (N-methyl/N-ethyl adjacent to an activating group) is 1. The number of hydrogen-bond donors (Lipinski definition) is 0. The van der Waals surface area contributed by atoms with E-state index in [1.807, 2.05) is 19.0 Å². The van der Waals surface area contributed by atoms with E-state index < -0.39 is 0 Å². The monoisotopic (exact) mass is 111 g/mol. The number of hydrogen-bond acceptors (Lipinski definition) is 2. The third-order valence-electron chi connectivity index (χ3n) is 0.440. The molecule has 0 amide bonds. The third-order valence-corrected chi connectivity index (χ3v) is 0.440. The zero-order chi connectivity index (χ0) is 4.99. The first-order valence-corrected chi connectivity index (χ1v) is 1.85. The molecular weight excluding hydrogens is 101 g/mol. The van der Waals surface area contributed by atoms with Crippen LogP contribution >= 0.6 is 0 Å². The van der Waals surface area contributed by atoms with Gasteiger partial charge in [0.1, 0.15) is 6.29 Å². The average Bonchev–Trinajstić information content (AvgIpc) is 1.35. The molecular formula is C4H10NNaO. The topological polar surface area (TPSA) is 20.3 Å². The molecule has 0 aromatic heterocycles.